The molecule has 0 unspecified atom stereocenters. The molecule has 0 spiro atoms. The van der Waals surface area contributed by atoms with Crippen molar-refractivity contribution in [3.63, 3.8) is 0 Å². The minimum Gasteiger partial charge on any atom is -0.493 e. The van der Waals surface area contributed by atoms with Crippen LogP contribution in [0, 0.1) is 5.92 Å². The number of anilines is 1. The van der Waals surface area contributed by atoms with Crippen LogP contribution in [0.3, 0.4) is 0 Å². The van der Waals surface area contributed by atoms with E-state index in [4.69, 9.17) is 9.47 Å². The van der Waals surface area contributed by atoms with Crippen molar-refractivity contribution < 1.29 is 32.2 Å². The molecular weight excluding hydrogens is 577 g/mol. The third-order valence-electron chi connectivity index (χ3n) is 7.04. The number of H-pyrrole nitrogens is 1. The molecule has 3 heterocycles. The minimum atomic E-state index is -4.64. The summed E-state index contributed by atoms with van der Waals surface area (Å²) in [6, 6.07) is 18.9. The monoisotopic (exact) mass is 598 g/mol. The number of nitrogens with zero attached hydrogens (tertiary/aromatic N) is 1. The highest BCUT2D eigenvalue weighted by Crippen LogP contribution is 2.54. The fourth-order valence-corrected chi connectivity index (χ4v) is 7.70. The Labute approximate surface area is 239 Å². The van der Waals surface area contributed by atoms with Crippen molar-refractivity contribution in [3.05, 3.63) is 104 Å². The molecule has 2 amide bonds. The van der Waals surface area contributed by atoms with Crippen molar-refractivity contribution in [2.75, 3.05) is 12.0 Å². The van der Waals surface area contributed by atoms with E-state index >= 15 is 0 Å². The molecule has 0 radical (unpaired) electrons. The molecule has 2 aliphatic rings. The Hall–Kier alpha value is -4.03. The van der Waals surface area contributed by atoms with Gasteiger partial charge in [-0.1, -0.05) is 65.6 Å². The second kappa shape index (κ2) is 10.4. The molecule has 7 nitrogen and oxygen atoms in total. The Morgan fingerprint density at radius 3 is 2.44 bits per heavy atom. The third kappa shape index (κ3) is 4.91. The molecule has 1 N–H and O–H groups in total. The lowest BCUT2D eigenvalue weighted by molar-refractivity contribution is -0.137. The van der Waals surface area contributed by atoms with Gasteiger partial charge in [0, 0.05) is 10.8 Å². The van der Waals surface area contributed by atoms with E-state index in [0.29, 0.717) is 33.6 Å². The number of amides is 2. The van der Waals surface area contributed by atoms with Gasteiger partial charge in [-0.25, -0.2) is 4.90 Å². The van der Waals surface area contributed by atoms with E-state index in [2.05, 4.69) is 4.98 Å². The number of nitrogens with one attached hydrogen (secondary N) is 1. The zero-order chi connectivity index (χ0) is 28.9. The topological polar surface area (TPSA) is 88.7 Å². The zero-order valence-electron chi connectivity index (χ0n) is 21.3. The quantitative estimate of drug-likeness (QED) is 0.281. The smallest absolute Gasteiger partial charge is 0.416 e. The molecule has 6 rings (SSSR count). The van der Waals surface area contributed by atoms with Crippen LogP contribution < -0.4 is 19.2 Å². The van der Waals surface area contributed by atoms with Crippen molar-refractivity contribution in [2.45, 2.75) is 29.0 Å². The van der Waals surface area contributed by atoms with Gasteiger partial charge < -0.3 is 14.5 Å². The summed E-state index contributed by atoms with van der Waals surface area (Å²) >= 11 is 1.99. The first-order chi connectivity index (χ1) is 19.7. The van der Waals surface area contributed by atoms with Gasteiger partial charge in [-0.2, -0.15) is 13.2 Å². The number of hydrogen-bond donors (Lipinski definition) is 1. The number of thioether (sulfide) groups is 1. The average molecular weight is 599 g/mol. The summed E-state index contributed by atoms with van der Waals surface area (Å²) in [4.78, 5) is 43.6. The van der Waals surface area contributed by atoms with E-state index in [1.807, 2.05) is 30.3 Å². The van der Waals surface area contributed by atoms with Crippen LogP contribution >= 0.6 is 23.1 Å². The number of alkyl halides is 3. The summed E-state index contributed by atoms with van der Waals surface area (Å²) in [5.41, 5.74) is 0.446. The number of hydrogen-bond acceptors (Lipinski definition) is 7. The second-order valence-electron chi connectivity index (χ2n) is 9.49. The largest absolute Gasteiger partial charge is 0.493 e. The number of aromatic amines is 1. The predicted molar refractivity (Wildman–Crippen MR) is 148 cm³/mol. The normalized spacial score (nSPS) is 20.1. The first-order valence-electron chi connectivity index (χ1n) is 12.4. The van der Waals surface area contributed by atoms with Crippen molar-refractivity contribution >= 4 is 40.6 Å². The maximum atomic E-state index is 13.9. The molecule has 1 saturated heterocycles. The number of carbonyl (C=O) groups excluding carboxylic acids is 2. The maximum absolute atomic E-state index is 13.9. The standard InChI is InChI=1S/C29H21F3N2O5S2/c1-38-20-12-16(10-11-19(20)39-14-15-6-3-2-4-7-15)21-22-24(40-25-23(21)41-28(37)33-25)27(36)34(26(22)35)18-9-5-8-17(13-18)29(30,31)32/h2-13,21-22,24H,14H2,1H3,(H,33,37)/t21-,22-,24+/m0/s1. The molecule has 12 heteroatoms. The van der Waals surface area contributed by atoms with Crippen molar-refractivity contribution in [1.29, 1.82) is 0 Å². The van der Waals surface area contributed by atoms with Gasteiger partial charge in [-0.3, -0.25) is 14.4 Å². The van der Waals surface area contributed by atoms with Crippen LogP contribution in [0.2, 0.25) is 0 Å². The van der Waals surface area contributed by atoms with Gasteiger partial charge in [0.25, 0.3) is 0 Å². The SMILES string of the molecule is COc1cc([C@@H]2c3sc(=O)[nH]c3S[C@H]3C(=O)N(c4cccc(C(F)(F)F)c4)C(=O)[C@@H]23)ccc1OCc1ccccc1. The van der Waals surface area contributed by atoms with Crippen LogP contribution in [0.4, 0.5) is 18.9 Å². The molecule has 2 aliphatic heterocycles. The molecule has 41 heavy (non-hydrogen) atoms. The molecular formula is C29H21F3N2O5S2. The number of halogens is 3. The van der Waals surface area contributed by atoms with Crippen molar-refractivity contribution in [1.82, 2.24) is 4.98 Å². The predicted octanol–water partition coefficient (Wildman–Crippen LogP) is 5.84. The Balaban J connectivity index is 1.38. The van der Waals surface area contributed by atoms with E-state index in [1.165, 1.54) is 19.2 Å². The van der Waals surface area contributed by atoms with Crippen LogP contribution in [0.1, 0.15) is 27.5 Å². The fourth-order valence-electron chi connectivity index (χ4n) is 5.18. The zero-order valence-corrected chi connectivity index (χ0v) is 22.9. The molecule has 3 atom stereocenters. The lowest BCUT2D eigenvalue weighted by Crippen LogP contribution is -2.32. The Bertz CT molecular complexity index is 1700. The van der Waals surface area contributed by atoms with E-state index < -0.39 is 40.6 Å². The van der Waals surface area contributed by atoms with Gasteiger partial charge in [-0.15, -0.1) is 0 Å². The molecule has 3 aromatic carbocycles. The van der Waals surface area contributed by atoms with Gasteiger partial charge in [0.15, 0.2) is 11.5 Å². The maximum Gasteiger partial charge on any atom is 0.416 e. The first kappa shape index (κ1) is 27.2. The van der Waals surface area contributed by atoms with Gasteiger partial charge in [0.2, 0.25) is 11.8 Å². The number of methoxy groups -OCH3 is 1. The minimum absolute atomic E-state index is 0.150. The Kier molecular flexibility index (Phi) is 6.90. The molecule has 1 aromatic heterocycles. The van der Waals surface area contributed by atoms with Crippen LogP contribution in [0.25, 0.3) is 0 Å². The lowest BCUT2D eigenvalue weighted by Gasteiger charge is -2.30. The molecule has 4 aromatic rings. The fraction of sp³-hybridized carbons (Fsp3) is 0.207. The van der Waals surface area contributed by atoms with Crippen molar-refractivity contribution in [2.24, 2.45) is 5.92 Å². The molecule has 1 fully saturated rings. The van der Waals surface area contributed by atoms with E-state index in [9.17, 15) is 27.6 Å². The lowest BCUT2D eigenvalue weighted by atomic mass is 9.83. The van der Waals surface area contributed by atoms with Gasteiger partial charge >= 0.3 is 11.0 Å². The second-order valence-corrected chi connectivity index (χ2v) is 11.7. The average Bonchev–Trinajstić information content (AvgIpc) is 3.46. The molecule has 0 bridgehead atoms. The molecule has 210 valence electrons. The number of fused-ring (bicyclic) bond motifs is 2. The number of carbonyl (C=O) groups is 2. The number of rotatable bonds is 6. The number of benzene rings is 3. The summed E-state index contributed by atoms with van der Waals surface area (Å²) in [6.07, 6.45) is -4.64. The number of imide groups is 1. The molecule has 0 saturated carbocycles. The first-order valence-corrected chi connectivity index (χ1v) is 14.1. The highest BCUT2D eigenvalue weighted by Gasteiger charge is 2.56. The van der Waals surface area contributed by atoms with Crippen LogP contribution in [0.5, 0.6) is 11.5 Å². The third-order valence-corrected chi connectivity index (χ3v) is 9.44. The Morgan fingerprint density at radius 2 is 1.71 bits per heavy atom. The summed E-state index contributed by atoms with van der Waals surface area (Å²) in [7, 11) is 1.48. The summed E-state index contributed by atoms with van der Waals surface area (Å²) in [5.74, 6) is -2.09. The van der Waals surface area contributed by atoms with Gasteiger partial charge in [0.05, 0.1) is 29.3 Å². The van der Waals surface area contributed by atoms with Gasteiger partial charge in [0.1, 0.15) is 11.9 Å². The molecule has 0 aliphatic carbocycles. The summed E-state index contributed by atoms with van der Waals surface area (Å²) < 4.78 is 51.8. The van der Waals surface area contributed by atoms with E-state index in [1.54, 1.807) is 18.2 Å². The van der Waals surface area contributed by atoms with Gasteiger partial charge in [-0.05, 0) is 41.5 Å². The highest BCUT2D eigenvalue weighted by molar-refractivity contribution is 8.00. The highest BCUT2D eigenvalue weighted by atomic mass is 32.2. The van der Waals surface area contributed by atoms with Crippen LogP contribution in [-0.4, -0.2) is 29.2 Å². The van der Waals surface area contributed by atoms with Crippen LogP contribution in [0.15, 0.2) is 82.6 Å². The summed E-state index contributed by atoms with van der Waals surface area (Å²) in [6.45, 7) is 0.295. The number of aromatic nitrogens is 1. The number of ether oxygens (including phenoxy) is 2. The van der Waals surface area contributed by atoms with Crippen molar-refractivity contribution in [3.8, 4) is 11.5 Å². The van der Waals surface area contributed by atoms with E-state index in [0.717, 1.165) is 45.7 Å². The Morgan fingerprint density at radius 1 is 0.927 bits per heavy atom. The summed E-state index contributed by atoms with van der Waals surface area (Å²) in [5, 5.41) is -0.485. The van der Waals surface area contributed by atoms with E-state index in [-0.39, 0.29) is 10.6 Å². The van der Waals surface area contributed by atoms with Crippen LogP contribution in [-0.2, 0) is 22.4 Å². The number of thiazole rings is 1.